The number of benzene rings is 1. The topological polar surface area (TPSA) is 52.7 Å². The first kappa shape index (κ1) is 17.0. The van der Waals surface area contributed by atoms with Gasteiger partial charge in [-0.05, 0) is 36.8 Å². The van der Waals surface area contributed by atoms with Crippen molar-refractivity contribution in [2.75, 3.05) is 36.4 Å². The van der Waals surface area contributed by atoms with Gasteiger partial charge >= 0.3 is 0 Å². The molecule has 2 heterocycles. The molecule has 2 aliphatic rings. The molecule has 1 aromatic carbocycles. The van der Waals surface area contributed by atoms with Gasteiger partial charge < -0.3 is 10.2 Å². The van der Waals surface area contributed by atoms with Crippen molar-refractivity contribution < 1.29 is 9.59 Å². The number of nitrogens with zero attached hydrogens (tertiary/aromatic N) is 2. The van der Waals surface area contributed by atoms with Crippen molar-refractivity contribution in [1.82, 2.24) is 4.90 Å². The normalized spacial score (nSPS) is 25.1. The molecule has 2 atom stereocenters. The van der Waals surface area contributed by atoms with E-state index in [4.69, 9.17) is 0 Å². The molecule has 2 unspecified atom stereocenters. The van der Waals surface area contributed by atoms with Gasteiger partial charge in [-0.3, -0.25) is 14.5 Å². The fraction of sp³-hybridized carbons (Fsp3) is 0.579. The van der Waals surface area contributed by atoms with Crippen molar-refractivity contribution in [1.29, 1.82) is 0 Å². The van der Waals surface area contributed by atoms with E-state index in [-0.39, 0.29) is 11.8 Å². The zero-order valence-electron chi connectivity index (χ0n) is 14.6. The number of amides is 2. The number of hydrogen-bond donors (Lipinski definition) is 1. The van der Waals surface area contributed by atoms with Gasteiger partial charge in [0.05, 0.1) is 17.9 Å². The maximum Gasteiger partial charge on any atom is 0.238 e. The third-order valence-electron chi connectivity index (χ3n) is 4.85. The minimum atomic E-state index is -0.00426. The van der Waals surface area contributed by atoms with Crippen LogP contribution in [-0.4, -0.2) is 42.9 Å². The van der Waals surface area contributed by atoms with E-state index in [9.17, 15) is 9.59 Å². The minimum absolute atomic E-state index is 0.00426. The van der Waals surface area contributed by atoms with E-state index in [0.29, 0.717) is 24.8 Å². The molecule has 2 amide bonds. The summed E-state index contributed by atoms with van der Waals surface area (Å²) < 4.78 is 0. The van der Waals surface area contributed by atoms with Crippen molar-refractivity contribution in [2.45, 2.75) is 33.1 Å². The van der Waals surface area contributed by atoms with Gasteiger partial charge in [0.1, 0.15) is 0 Å². The lowest BCUT2D eigenvalue weighted by molar-refractivity contribution is -0.118. The molecule has 0 aromatic heterocycles. The van der Waals surface area contributed by atoms with Gasteiger partial charge in [-0.25, -0.2) is 0 Å². The van der Waals surface area contributed by atoms with Crippen molar-refractivity contribution in [3.8, 4) is 0 Å². The predicted octanol–water partition coefficient (Wildman–Crippen LogP) is 2.73. The Labute approximate surface area is 144 Å². The van der Waals surface area contributed by atoms with Crippen LogP contribution < -0.4 is 10.2 Å². The third kappa shape index (κ3) is 3.96. The molecule has 0 bridgehead atoms. The number of para-hydroxylation sites is 2. The summed E-state index contributed by atoms with van der Waals surface area (Å²) in [5.41, 5.74) is 1.55. The Kier molecular flexibility index (Phi) is 5.19. The highest BCUT2D eigenvalue weighted by molar-refractivity contribution is 6.02. The van der Waals surface area contributed by atoms with Crippen molar-refractivity contribution in [2.24, 2.45) is 11.8 Å². The fourth-order valence-corrected chi connectivity index (χ4v) is 4.03. The van der Waals surface area contributed by atoms with Gasteiger partial charge in [-0.2, -0.15) is 0 Å². The fourth-order valence-electron chi connectivity index (χ4n) is 4.03. The maximum absolute atomic E-state index is 12.5. The Morgan fingerprint density at radius 2 is 1.92 bits per heavy atom. The zero-order valence-corrected chi connectivity index (χ0v) is 14.6. The Morgan fingerprint density at radius 3 is 2.58 bits per heavy atom. The molecule has 3 rings (SSSR count). The lowest BCUT2D eigenvalue weighted by Gasteiger charge is -2.34. The first-order valence-electron chi connectivity index (χ1n) is 8.94. The highest BCUT2D eigenvalue weighted by atomic mass is 16.2. The summed E-state index contributed by atoms with van der Waals surface area (Å²) in [6, 6.07) is 7.58. The molecule has 5 heteroatoms. The molecular formula is C19H27N3O2. The van der Waals surface area contributed by atoms with E-state index in [1.54, 1.807) is 4.90 Å². The average molecular weight is 329 g/mol. The minimum Gasteiger partial charge on any atom is -0.323 e. The van der Waals surface area contributed by atoms with Crippen LogP contribution in [-0.2, 0) is 9.59 Å². The Hall–Kier alpha value is -1.88. The summed E-state index contributed by atoms with van der Waals surface area (Å²) in [5.74, 6) is 1.40. The summed E-state index contributed by atoms with van der Waals surface area (Å²) in [5, 5.41) is 3.01. The number of rotatable bonds is 4. The molecule has 0 radical (unpaired) electrons. The number of hydrogen-bond acceptors (Lipinski definition) is 3. The largest absolute Gasteiger partial charge is 0.323 e. The van der Waals surface area contributed by atoms with Crippen molar-refractivity contribution >= 4 is 23.2 Å². The van der Waals surface area contributed by atoms with E-state index < -0.39 is 0 Å². The average Bonchev–Trinajstić information content (AvgIpc) is 2.92. The number of nitrogens with one attached hydrogen (secondary N) is 1. The van der Waals surface area contributed by atoms with E-state index in [0.717, 1.165) is 37.4 Å². The lowest BCUT2D eigenvalue weighted by Crippen LogP contribution is -2.43. The van der Waals surface area contributed by atoms with Crippen LogP contribution in [0.1, 0.15) is 33.1 Å². The summed E-state index contributed by atoms with van der Waals surface area (Å²) in [7, 11) is 0. The van der Waals surface area contributed by atoms with E-state index in [1.165, 1.54) is 6.42 Å². The first-order chi connectivity index (χ1) is 11.5. The number of likely N-dealkylation sites (tertiary alicyclic amines) is 1. The molecule has 2 fully saturated rings. The number of carbonyl (C=O) groups excluding carboxylic acids is 2. The quantitative estimate of drug-likeness (QED) is 0.924. The van der Waals surface area contributed by atoms with Crippen LogP contribution >= 0.6 is 0 Å². The Morgan fingerprint density at radius 1 is 1.21 bits per heavy atom. The summed E-state index contributed by atoms with van der Waals surface area (Å²) >= 11 is 0. The van der Waals surface area contributed by atoms with E-state index in [1.807, 2.05) is 24.3 Å². The molecule has 5 nitrogen and oxygen atoms in total. The standard InChI is InChI=1S/C19H27N3O2/c1-14-10-15(2)12-21(11-14)13-18(23)20-16-6-3-4-7-17(16)22-9-5-8-19(22)24/h3-4,6-7,14-15H,5,8-13H2,1-2H3,(H,20,23). The highest BCUT2D eigenvalue weighted by Crippen LogP contribution is 2.29. The smallest absolute Gasteiger partial charge is 0.238 e. The molecule has 0 aliphatic carbocycles. The number of piperidine rings is 1. The van der Waals surface area contributed by atoms with E-state index in [2.05, 4.69) is 24.1 Å². The van der Waals surface area contributed by atoms with Crippen LogP contribution in [0.5, 0.6) is 0 Å². The molecule has 0 spiro atoms. The van der Waals surface area contributed by atoms with Gasteiger partial charge in [-0.15, -0.1) is 0 Å². The SMILES string of the molecule is CC1CC(C)CN(CC(=O)Nc2ccccc2N2CCCC2=O)C1. The third-order valence-corrected chi connectivity index (χ3v) is 4.85. The van der Waals surface area contributed by atoms with Crippen LogP contribution in [0, 0.1) is 11.8 Å². The van der Waals surface area contributed by atoms with Crippen LogP contribution in [0.15, 0.2) is 24.3 Å². The highest BCUT2D eigenvalue weighted by Gasteiger charge is 2.26. The monoisotopic (exact) mass is 329 g/mol. The summed E-state index contributed by atoms with van der Waals surface area (Å²) in [6.07, 6.45) is 2.70. The number of anilines is 2. The second kappa shape index (κ2) is 7.34. The molecular weight excluding hydrogens is 302 g/mol. The van der Waals surface area contributed by atoms with Crippen LogP contribution in [0.4, 0.5) is 11.4 Å². The molecule has 2 saturated heterocycles. The first-order valence-corrected chi connectivity index (χ1v) is 8.94. The Bertz CT molecular complexity index is 606. The van der Waals surface area contributed by atoms with Crippen LogP contribution in [0.3, 0.4) is 0 Å². The van der Waals surface area contributed by atoms with Crippen LogP contribution in [0.25, 0.3) is 0 Å². The zero-order chi connectivity index (χ0) is 17.1. The van der Waals surface area contributed by atoms with Gasteiger partial charge in [-0.1, -0.05) is 26.0 Å². The molecule has 0 saturated carbocycles. The van der Waals surface area contributed by atoms with Gasteiger partial charge in [0, 0.05) is 26.1 Å². The van der Waals surface area contributed by atoms with Crippen molar-refractivity contribution in [3.63, 3.8) is 0 Å². The molecule has 1 N–H and O–H groups in total. The van der Waals surface area contributed by atoms with E-state index >= 15 is 0 Å². The molecule has 130 valence electrons. The van der Waals surface area contributed by atoms with Gasteiger partial charge in [0.15, 0.2) is 0 Å². The number of carbonyl (C=O) groups is 2. The second-order valence-electron chi connectivity index (χ2n) is 7.35. The molecule has 1 aromatic rings. The predicted molar refractivity (Wildman–Crippen MR) is 96.0 cm³/mol. The summed E-state index contributed by atoms with van der Waals surface area (Å²) in [4.78, 5) is 28.5. The molecule has 2 aliphatic heterocycles. The van der Waals surface area contributed by atoms with Crippen LogP contribution in [0.2, 0.25) is 0 Å². The molecule has 24 heavy (non-hydrogen) atoms. The Balaban J connectivity index is 1.65. The second-order valence-corrected chi connectivity index (χ2v) is 7.35. The van der Waals surface area contributed by atoms with Gasteiger partial charge in [0.25, 0.3) is 0 Å². The summed E-state index contributed by atoms with van der Waals surface area (Å²) in [6.45, 7) is 7.58. The van der Waals surface area contributed by atoms with Crippen molar-refractivity contribution in [3.05, 3.63) is 24.3 Å². The van der Waals surface area contributed by atoms with Gasteiger partial charge in [0.2, 0.25) is 11.8 Å². The maximum atomic E-state index is 12.5. The lowest BCUT2D eigenvalue weighted by atomic mass is 9.92.